The van der Waals surface area contributed by atoms with Crippen LogP contribution in [0.5, 0.6) is 0 Å². The Hall–Kier alpha value is -1.39. The van der Waals surface area contributed by atoms with Crippen LogP contribution in [-0.4, -0.2) is 23.2 Å². The number of hydrogen-bond acceptors (Lipinski definition) is 3. The number of hydrogen-bond donors (Lipinski definition) is 2. The van der Waals surface area contributed by atoms with Crippen molar-refractivity contribution in [2.75, 3.05) is 6.61 Å². The van der Waals surface area contributed by atoms with Crippen molar-refractivity contribution < 1.29 is 14.6 Å². The Morgan fingerprint density at radius 3 is 2.59 bits per heavy atom. The third-order valence-electron chi connectivity index (χ3n) is 4.33. The molecule has 2 N–H and O–H groups in total. The predicted molar refractivity (Wildman–Crippen MR) is 86.3 cm³/mol. The summed E-state index contributed by atoms with van der Waals surface area (Å²) in [6.07, 6.45) is 4.87. The van der Waals surface area contributed by atoms with E-state index in [1.807, 2.05) is 31.2 Å². The molecule has 0 unspecified atom stereocenters. The Morgan fingerprint density at radius 2 is 1.91 bits per heavy atom. The van der Waals surface area contributed by atoms with Gasteiger partial charge in [-0.05, 0) is 30.9 Å². The van der Waals surface area contributed by atoms with Crippen molar-refractivity contribution in [3.63, 3.8) is 0 Å². The molecule has 1 aliphatic carbocycles. The molecule has 0 saturated heterocycles. The molecule has 2 rings (SSSR count). The molecule has 0 aromatic heterocycles. The van der Waals surface area contributed by atoms with Crippen molar-refractivity contribution in [3.8, 4) is 0 Å². The quantitative estimate of drug-likeness (QED) is 0.814. The molecule has 1 saturated carbocycles. The third kappa shape index (κ3) is 5.11. The zero-order valence-corrected chi connectivity index (χ0v) is 13.4. The number of nitrogens with one attached hydrogen (secondary N) is 1. The van der Waals surface area contributed by atoms with Gasteiger partial charge in [-0.2, -0.15) is 0 Å². The highest BCUT2D eigenvalue weighted by atomic mass is 16.5. The highest BCUT2D eigenvalue weighted by Gasteiger charge is 2.31. The van der Waals surface area contributed by atoms with Crippen LogP contribution in [0, 0.1) is 0 Å². The van der Waals surface area contributed by atoms with Crippen molar-refractivity contribution in [1.29, 1.82) is 0 Å². The minimum absolute atomic E-state index is 0.0735. The fourth-order valence-corrected chi connectivity index (χ4v) is 3.02. The van der Waals surface area contributed by atoms with Crippen LogP contribution in [0.4, 0.5) is 0 Å². The largest absolute Gasteiger partial charge is 0.389 e. The molecule has 0 heterocycles. The summed E-state index contributed by atoms with van der Waals surface area (Å²) in [6.45, 7) is 3.69. The van der Waals surface area contributed by atoms with Crippen LogP contribution < -0.4 is 5.32 Å². The summed E-state index contributed by atoms with van der Waals surface area (Å²) in [6, 6.07) is 7.96. The molecule has 1 amide bonds. The molecule has 0 spiro atoms. The molecular weight excluding hydrogens is 278 g/mol. The lowest BCUT2D eigenvalue weighted by atomic mass is 9.82. The van der Waals surface area contributed by atoms with Crippen LogP contribution in [0.3, 0.4) is 0 Å². The SMILES string of the molecule is CCOCc1ccccc1CNC(=O)CC1(O)CCCCC1. The summed E-state index contributed by atoms with van der Waals surface area (Å²) >= 11 is 0. The van der Waals surface area contributed by atoms with Crippen LogP contribution >= 0.6 is 0 Å². The minimum atomic E-state index is -0.798. The van der Waals surface area contributed by atoms with Gasteiger partial charge in [-0.15, -0.1) is 0 Å². The number of amides is 1. The first-order chi connectivity index (χ1) is 10.6. The lowest BCUT2D eigenvalue weighted by molar-refractivity contribution is -0.127. The highest BCUT2D eigenvalue weighted by Crippen LogP contribution is 2.30. The number of rotatable bonds is 7. The molecule has 4 nitrogen and oxygen atoms in total. The second-order valence-electron chi connectivity index (χ2n) is 6.14. The number of ether oxygens (including phenoxy) is 1. The lowest BCUT2D eigenvalue weighted by Crippen LogP contribution is -2.38. The van der Waals surface area contributed by atoms with Gasteiger partial charge in [0, 0.05) is 13.2 Å². The molecule has 0 bridgehead atoms. The van der Waals surface area contributed by atoms with Gasteiger partial charge in [-0.25, -0.2) is 0 Å². The fourth-order valence-electron chi connectivity index (χ4n) is 3.02. The molecule has 1 aliphatic rings. The first kappa shape index (κ1) is 17.0. The monoisotopic (exact) mass is 305 g/mol. The van der Waals surface area contributed by atoms with E-state index in [9.17, 15) is 9.90 Å². The van der Waals surface area contributed by atoms with Gasteiger partial charge in [0.25, 0.3) is 0 Å². The molecule has 22 heavy (non-hydrogen) atoms. The molecule has 1 aromatic carbocycles. The van der Waals surface area contributed by atoms with Gasteiger partial charge in [-0.3, -0.25) is 4.79 Å². The van der Waals surface area contributed by atoms with Crippen LogP contribution in [0.15, 0.2) is 24.3 Å². The molecule has 122 valence electrons. The Kier molecular flexibility index (Phi) is 6.40. The van der Waals surface area contributed by atoms with Crippen molar-refractivity contribution in [1.82, 2.24) is 5.32 Å². The fraction of sp³-hybridized carbons (Fsp3) is 0.611. The maximum atomic E-state index is 12.1. The summed E-state index contributed by atoms with van der Waals surface area (Å²) in [5.74, 6) is -0.0735. The zero-order chi connectivity index (χ0) is 15.8. The topological polar surface area (TPSA) is 58.6 Å². The standard InChI is InChI=1S/C18H27NO3/c1-2-22-14-16-9-5-4-8-15(16)13-19-17(20)12-18(21)10-6-3-7-11-18/h4-5,8-9,21H,2-3,6-7,10-14H2,1H3,(H,19,20). The molecule has 4 heteroatoms. The Balaban J connectivity index is 1.85. The average molecular weight is 305 g/mol. The number of benzene rings is 1. The molecule has 1 aromatic rings. The Bertz CT molecular complexity index is 481. The molecular formula is C18H27NO3. The van der Waals surface area contributed by atoms with Gasteiger partial charge in [0.1, 0.15) is 0 Å². The smallest absolute Gasteiger partial charge is 0.223 e. The Labute approximate surface area is 132 Å². The van der Waals surface area contributed by atoms with E-state index in [2.05, 4.69) is 5.32 Å². The van der Waals surface area contributed by atoms with Crippen molar-refractivity contribution in [2.24, 2.45) is 0 Å². The summed E-state index contributed by atoms with van der Waals surface area (Å²) < 4.78 is 5.45. The van der Waals surface area contributed by atoms with Gasteiger partial charge in [0.15, 0.2) is 0 Å². The summed E-state index contributed by atoms with van der Waals surface area (Å²) in [4.78, 5) is 12.1. The predicted octanol–water partition coefficient (Wildman–Crippen LogP) is 2.92. The number of carbonyl (C=O) groups excluding carboxylic acids is 1. The van der Waals surface area contributed by atoms with Crippen LogP contribution in [-0.2, 0) is 22.7 Å². The third-order valence-corrected chi connectivity index (χ3v) is 4.33. The van der Waals surface area contributed by atoms with E-state index in [1.165, 1.54) is 0 Å². The highest BCUT2D eigenvalue weighted by molar-refractivity contribution is 5.77. The first-order valence-corrected chi connectivity index (χ1v) is 8.26. The second-order valence-corrected chi connectivity index (χ2v) is 6.14. The van der Waals surface area contributed by atoms with E-state index >= 15 is 0 Å². The van der Waals surface area contributed by atoms with Crippen molar-refractivity contribution in [2.45, 2.75) is 64.2 Å². The number of carbonyl (C=O) groups is 1. The first-order valence-electron chi connectivity index (χ1n) is 8.26. The summed E-state index contributed by atoms with van der Waals surface area (Å²) in [5, 5.41) is 13.4. The average Bonchev–Trinajstić information content (AvgIpc) is 2.52. The zero-order valence-electron chi connectivity index (χ0n) is 13.4. The molecule has 0 radical (unpaired) electrons. The maximum Gasteiger partial charge on any atom is 0.223 e. The van der Waals surface area contributed by atoms with Crippen LogP contribution in [0.25, 0.3) is 0 Å². The van der Waals surface area contributed by atoms with E-state index in [0.29, 0.717) is 19.8 Å². The van der Waals surface area contributed by atoms with Gasteiger partial charge in [-0.1, -0.05) is 43.5 Å². The lowest BCUT2D eigenvalue weighted by Gasteiger charge is -2.31. The molecule has 1 fully saturated rings. The van der Waals surface area contributed by atoms with Gasteiger partial charge >= 0.3 is 0 Å². The second kappa shape index (κ2) is 8.30. The van der Waals surface area contributed by atoms with Gasteiger partial charge in [0.05, 0.1) is 18.6 Å². The molecule has 0 aliphatic heterocycles. The summed E-state index contributed by atoms with van der Waals surface area (Å²) in [5.41, 5.74) is 1.37. The summed E-state index contributed by atoms with van der Waals surface area (Å²) in [7, 11) is 0. The maximum absolute atomic E-state index is 12.1. The normalized spacial score (nSPS) is 17.2. The van der Waals surface area contributed by atoms with E-state index in [-0.39, 0.29) is 12.3 Å². The van der Waals surface area contributed by atoms with Gasteiger partial charge < -0.3 is 15.2 Å². The van der Waals surface area contributed by atoms with E-state index in [4.69, 9.17) is 4.74 Å². The minimum Gasteiger partial charge on any atom is -0.389 e. The van der Waals surface area contributed by atoms with Crippen LogP contribution in [0.2, 0.25) is 0 Å². The van der Waals surface area contributed by atoms with Crippen molar-refractivity contribution >= 4 is 5.91 Å². The van der Waals surface area contributed by atoms with Crippen LogP contribution in [0.1, 0.15) is 56.6 Å². The van der Waals surface area contributed by atoms with E-state index in [0.717, 1.165) is 43.2 Å². The van der Waals surface area contributed by atoms with Gasteiger partial charge in [0.2, 0.25) is 5.91 Å². The molecule has 0 atom stereocenters. The Morgan fingerprint density at radius 1 is 1.23 bits per heavy atom. The van der Waals surface area contributed by atoms with E-state index < -0.39 is 5.60 Å². The van der Waals surface area contributed by atoms with E-state index in [1.54, 1.807) is 0 Å². The number of aliphatic hydroxyl groups is 1. The van der Waals surface area contributed by atoms with Crippen molar-refractivity contribution in [3.05, 3.63) is 35.4 Å².